The van der Waals surface area contributed by atoms with Gasteiger partial charge in [0.15, 0.2) is 0 Å². The third-order valence-electron chi connectivity index (χ3n) is 2.08. The Labute approximate surface area is 81.6 Å². The van der Waals surface area contributed by atoms with Gasteiger partial charge in [-0.1, -0.05) is 0 Å². The number of benzene rings is 1. The molecule has 0 bridgehead atoms. The normalized spacial score (nSPS) is 11.9. The zero-order valence-corrected chi connectivity index (χ0v) is 8.40. The fraction of sp³-hybridized carbons (Fsp3) is 0.400. The zero-order valence-electron chi connectivity index (χ0n) is 8.40. The van der Waals surface area contributed by atoms with Crippen LogP contribution in [0.3, 0.4) is 0 Å². The van der Waals surface area contributed by atoms with E-state index >= 15 is 0 Å². The summed E-state index contributed by atoms with van der Waals surface area (Å²) < 4.78 is 26.8. The monoisotopic (exact) mass is 201 g/mol. The second-order valence-electron chi connectivity index (χ2n) is 3.73. The molecule has 0 unspecified atom stereocenters. The molecular formula is C10H13F2NO. The van der Waals surface area contributed by atoms with Gasteiger partial charge in [0, 0.05) is 0 Å². The van der Waals surface area contributed by atoms with Crippen molar-refractivity contribution in [1.29, 1.82) is 0 Å². The van der Waals surface area contributed by atoms with Crippen LogP contribution in [0, 0.1) is 18.6 Å². The van der Waals surface area contributed by atoms with Crippen molar-refractivity contribution in [2.75, 3.05) is 0 Å². The van der Waals surface area contributed by atoms with Crippen molar-refractivity contribution in [2.45, 2.75) is 26.4 Å². The van der Waals surface area contributed by atoms with Crippen LogP contribution >= 0.6 is 0 Å². The quantitative estimate of drug-likeness (QED) is 0.746. The summed E-state index contributed by atoms with van der Waals surface area (Å²) in [6.45, 7) is 4.62. The maximum absolute atomic E-state index is 13.4. The van der Waals surface area contributed by atoms with Gasteiger partial charge in [-0.3, -0.25) is 4.84 Å². The highest BCUT2D eigenvalue weighted by atomic mass is 19.1. The SMILES string of the molecule is Cc1cc(F)c(C(C)(C)ON)c(F)c1. The molecule has 2 nitrogen and oxygen atoms in total. The van der Waals surface area contributed by atoms with Crippen LogP contribution in [0.1, 0.15) is 25.0 Å². The van der Waals surface area contributed by atoms with E-state index in [9.17, 15) is 8.78 Å². The van der Waals surface area contributed by atoms with E-state index < -0.39 is 17.2 Å². The van der Waals surface area contributed by atoms with Crippen LogP contribution in [0.5, 0.6) is 0 Å². The number of nitrogens with two attached hydrogens (primary N) is 1. The van der Waals surface area contributed by atoms with E-state index in [1.807, 2.05) is 0 Å². The predicted molar refractivity (Wildman–Crippen MR) is 49.4 cm³/mol. The smallest absolute Gasteiger partial charge is 0.132 e. The van der Waals surface area contributed by atoms with Crippen molar-refractivity contribution in [1.82, 2.24) is 0 Å². The van der Waals surface area contributed by atoms with Gasteiger partial charge in [-0.15, -0.1) is 0 Å². The number of hydrogen-bond donors (Lipinski definition) is 1. The van der Waals surface area contributed by atoms with Crippen LogP contribution in [-0.2, 0) is 10.4 Å². The Kier molecular flexibility index (Phi) is 2.87. The summed E-state index contributed by atoms with van der Waals surface area (Å²) in [5, 5.41) is 0. The standard InChI is InChI=1S/C10H13F2NO/c1-6-4-7(11)9(8(12)5-6)10(2,3)14-13/h4-5H,13H2,1-3H3. The van der Waals surface area contributed by atoms with Gasteiger partial charge in [0.25, 0.3) is 0 Å². The van der Waals surface area contributed by atoms with E-state index in [4.69, 9.17) is 5.90 Å². The summed E-state index contributed by atoms with van der Waals surface area (Å²) in [5.41, 5.74) is -0.788. The molecule has 0 amide bonds. The highest BCUT2D eigenvalue weighted by Crippen LogP contribution is 2.28. The summed E-state index contributed by atoms with van der Waals surface area (Å²) >= 11 is 0. The Hall–Kier alpha value is -1.00. The minimum Gasteiger partial charge on any atom is -0.294 e. The highest BCUT2D eigenvalue weighted by molar-refractivity contribution is 5.29. The molecule has 0 atom stereocenters. The summed E-state index contributed by atoms with van der Waals surface area (Å²) in [5.74, 6) is 3.70. The molecule has 0 aliphatic heterocycles. The van der Waals surface area contributed by atoms with E-state index in [0.717, 1.165) is 0 Å². The van der Waals surface area contributed by atoms with Gasteiger partial charge in [0.05, 0.1) is 5.56 Å². The molecule has 2 N–H and O–H groups in total. The third-order valence-corrected chi connectivity index (χ3v) is 2.08. The van der Waals surface area contributed by atoms with Crippen molar-refractivity contribution in [2.24, 2.45) is 5.90 Å². The van der Waals surface area contributed by atoms with Crippen LogP contribution in [0.15, 0.2) is 12.1 Å². The maximum atomic E-state index is 13.4. The van der Waals surface area contributed by atoms with Crippen molar-refractivity contribution in [3.05, 3.63) is 34.9 Å². The van der Waals surface area contributed by atoms with Gasteiger partial charge in [0.2, 0.25) is 0 Å². The van der Waals surface area contributed by atoms with Crippen LogP contribution in [0.4, 0.5) is 8.78 Å². The Morgan fingerprint density at radius 1 is 1.21 bits per heavy atom. The lowest BCUT2D eigenvalue weighted by Gasteiger charge is -2.23. The zero-order chi connectivity index (χ0) is 10.9. The van der Waals surface area contributed by atoms with Gasteiger partial charge in [-0.05, 0) is 38.5 Å². The van der Waals surface area contributed by atoms with Gasteiger partial charge in [0.1, 0.15) is 17.2 Å². The molecule has 0 aliphatic rings. The number of hydrogen-bond acceptors (Lipinski definition) is 2. The Morgan fingerprint density at radius 2 is 1.64 bits per heavy atom. The fourth-order valence-electron chi connectivity index (χ4n) is 1.33. The van der Waals surface area contributed by atoms with Crippen molar-refractivity contribution in [3.63, 3.8) is 0 Å². The molecular weight excluding hydrogens is 188 g/mol. The minimum absolute atomic E-state index is 0.148. The van der Waals surface area contributed by atoms with Gasteiger partial charge in [-0.25, -0.2) is 14.7 Å². The van der Waals surface area contributed by atoms with Crippen LogP contribution in [0.25, 0.3) is 0 Å². The second-order valence-corrected chi connectivity index (χ2v) is 3.73. The van der Waals surface area contributed by atoms with Gasteiger partial charge >= 0.3 is 0 Å². The molecule has 0 heterocycles. The molecule has 78 valence electrons. The average molecular weight is 201 g/mol. The topological polar surface area (TPSA) is 35.2 Å². The molecule has 0 fully saturated rings. The van der Waals surface area contributed by atoms with Crippen molar-refractivity contribution < 1.29 is 13.6 Å². The summed E-state index contributed by atoms with van der Waals surface area (Å²) in [6.07, 6.45) is 0. The third kappa shape index (κ3) is 1.91. The first-order valence-electron chi connectivity index (χ1n) is 4.22. The Bertz CT molecular complexity index is 327. The van der Waals surface area contributed by atoms with Crippen LogP contribution < -0.4 is 5.90 Å². The molecule has 0 saturated heterocycles. The summed E-state index contributed by atoms with van der Waals surface area (Å²) in [6, 6.07) is 2.50. The first-order valence-corrected chi connectivity index (χ1v) is 4.22. The molecule has 0 aromatic heterocycles. The molecule has 0 saturated carbocycles. The largest absolute Gasteiger partial charge is 0.294 e. The Balaban J connectivity index is 3.35. The summed E-state index contributed by atoms with van der Waals surface area (Å²) in [7, 11) is 0. The van der Waals surface area contributed by atoms with E-state index in [1.165, 1.54) is 26.0 Å². The number of aryl methyl sites for hydroxylation is 1. The lowest BCUT2D eigenvalue weighted by atomic mass is 9.96. The molecule has 1 aromatic rings. The van der Waals surface area contributed by atoms with Crippen molar-refractivity contribution >= 4 is 0 Å². The van der Waals surface area contributed by atoms with E-state index in [2.05, 4.69) is 4.84 Å². The van der Waals surface area contributed by atoms with Crippen LogP contribution in [-0.4, -0.2) is 0 Å². The average Bonchev–Trinajstić information content (AvgIpc) is 2.01. The van der Waals surface area contributed by atoms with E-state index in [-0.39, 0.29) is 5.56 Å². The second kappa shape index (κ2) is 3.63. The number of rotatable bonds is 2. The molecule has 0 radical (unpaired) electrons. The van der Waals surface area contributed by atoms with E-state index in [1.54, 1.807) is 6.92 Å². The first kappa shape index (κ1) is 11.1. The lowest BCUT2D eigenvalue weighted by Crippen LogP contribution is -2.28. The van der Waals surface area contributed by atoms with E-state index in [0.29, 0.717) is 5.56 Å². The fourth-order valence-corrected chi connectivity index (χ4v) is 1.33. The first-order chi connectivity index (χ1) is 6.38. The van der Waals surface area contributed by atoms with Gasteiger partial charge in [-0.2, -0.15) is 0 Å². The number of halogens is 2. The lowest BCUT2D eigenvalue weighted by molar-refractivity contribution is -0.0286. The maximum Gasteiger partial charge on any atom is 0.132 e. The molecule has 1 rings (SSSR count). The minimum atomic E-state index is -1.16. The van der Waals surface area contributed by atoms with Crippen LogP contribution in [0.2, 0.25) is 0 Å². The predicted octanol–water partition coefficient (Wildman–Crippen LogP) is 2.40. The molecule has 0 spiro atoms. The van der Waals surface area contributed by atoms with Crippen molar-refractivity contribution in [3.8, 4) is 0 Å². The Morgan fingerprint density at radius 3 is 2.00 bits per heavy atom. The molecule has 14 heavy (non-hydrogen) atoms. The summed E-state index contributed by atoms with van der Waals surface area (Å²) in [4.78, 5) is 4.55. The molecule has 0 aliphatic carbocycles. The highest BCUT2D eigenvalue weighted by Gasteiger charge is 2.28. The molecule has 4 heteroatoms. The van der Waals surface area contributed by atoms with Gasteiger partial charge < -0.3 is 0 Å². The molecule has 1 aromatic carbocycles.